The summed E-state index contributed by atoms with van der Waals surface area (Å²) in [5.74, 6) is 0.371. The van der Waals surface area contributed by atoms with Gasteiger partial charge in [-0.25, -0.2) is 12.8 Å². The Bertz CT molecular complexity index is 904. The van der Waals surface area contributed by atoms with E-state index in [9.17, 15) is 12.8 Å². The van der Waals surface area contributed by atoms with E-state index < -0.39 is 9.84 Å². The third kappa shape index (κ3) is 8.57. The number of rotatable bonds is 9. The SMILES string of the molecule is CCNC(=NCC(OC)c1ccc(F)cc1)NCCc1ccc(S(C)(=O)=O)cc1.I. The fourth-order valence-corrected chi connectivity index (χ4v) is 3.37. The highest BCUT2D eigenvalue weighted by molar-refractivity contribution is 14.0. The van der Waals surface area contributed by atoms with Gasteiger partial charge < -0.3 is 15.4 Å². The van der Waals surface area contributed by atoms with Crippen LogP contribution in [0.15, 0.2) is 58.4 Å². The molecule has 1 unspecified atom stereocenters. The van der Waals surface area contributed by atoms with Gasteiger partial charge in [0, 0.05) is 26.5 Å². The van der Waals surface area contributed by atoms with Gasteiger partial charge in [-0.15, -0.1) is 24.0 Å². The highest BCUT2D eigenvalue weighted by Gasteiger charge is 2.11. The minimum Gasteiger partial charge on any atom is -0.375 e. The summed E-state index contributed by atoms with van der Waals surface area (Å²) in [6.07, 6.45) is 1.65. The van der Waals surface area contributed by atoms with E-state index in [1.165, 1.54) is 18.4 Å². The van der Waals surface area contributed by atoms with Crippen molar-refractivity contribution in [2.45, 2.75) is 24.3 Å². The summed E-state index contributed by atoms with van der Waals surface area (Å²) >= 11 is 0. The minimum atomic E-state index is -3.18. The lowest BCUT2D eigenvalue weighted by atomic mass is 10.1. The van der Waals surface area contributed by atoms with E-state index in [0.717, 1.165) is 17.5 Å². The Balaban J connectivity index is 0.00000450. The summed E-state index contributed by atoms with van der Waals surface area (Å²) in [4.78, 5) is 4.87. The first-order chi connectivity index (χ1) is 13.8. The molecular formula is C21H29FIN3O3S. The first kappa shape index (κ1) is 26.3. The average molecular weight is 549 g/mol. The van der Waals surface area contributed by atoms with Crippen LogP contribution in [0.5, 0.6) is 0 Å². The number of ether oxygens (including phenoxy) is 1. The molecule has 0 aromatic heterocycles. The highest BCUT2D eigenvalue weighted by Crippen LogP contribution is 2.17. The third-order valence-electron chi connectivity index (χ3n) is 4.34. The van der Waals surface area contributed by atoms with Crippen LogP contribution in [0.1, 0.15) is 24.2 Å². The largest absolute Gasteiger partial charge is 0.375 e. The summed E-state index contributed by atoms with van der Waals surface area (Å²) in [5.41, 5.74) is 1.89. The van der Waals surface area contributed by atoms with E-state index >= 15 is 0 Å². The van der Waals surface area contributed by atoms with Crippen LogP contribution < -0.4 is 10.6 Å². The molecule has 0 spiro atoms. The standard InChI is InChI=1S/C21H28FN3O3S.HI/c1-4-23-21(25-15-20(28-2)17-7-9-18(22)10-8-17)24-14-13-16-5-11-19(12-6-16)29(3,26)27;/h5-12,20H,4,13-15H2,1-3H3,(H2,23,24,25);1H. The van der Waals surface area contributed by atoms with Crippen LogP contribution >= 0.6 is 24.0 Å². The van der Waals surface area contributed by atoms with Crippen LogP contribution in [0.2, 0.25) is 0 Å². The molecule has 0 heterocycles. The molecule has 0 saturated heterocycles. The quantitative estimate of drug-likeness (QED) is 0.285. The van der Waals surface area contributed by atoms with Crippen molar-refractivity contribution in [1.82, 2.24) is 10.6 Å². The molecule has 2 N–H and O–H groups in total. The smallest absolute Gasteiger partial charge is 0.191 e. The van der Waals surface area contributed by atoms with Crippen molar-refractivity contribution >= 4 is 39.8 Å². The molecule has 0 fully saturated rings. The summed E-state index contributed by atoms with van der Waals surface area (Å²) in [7, 11) is -1.58. The molecule has 0 aliphatic heterocycles. The monoisotopic (exact) mass is 549 g/mol. The zero-order valence-electron chi connectivity index (χ0n) is 17.4. The van der Waals surface area contributed by atoms with Crippen LogP contribution in [0.3, 0.4) is 0 Å². The van der Waals surface area contributed by atoms with Crippen LogP contribution in [-0.4, -0.2) is 47.4 Å². The van der Waals surface area contributed by atoms with Gasteiger partial charge >= 0.3 is 0 Å². The Morgan fingerprint density at radius 1 is 1.10 bits per heavy atom. The molecule has 2 aromatic carbocycles. The van der Waals surface area contributed by atoms with Crippen molar-refractivity contribution in [3.63, 3.8) is 0 Å². The van der Waals surface area contributed by atoms with Crippen LogP contribution in [-0.2, 0) is 21.0 Å². The number of guanidine groups is 1. The van der Waals surface area contributed by atoms with Crippen LogP contribution in [0, 0.1) is 5.82 Å². The molecule has 0 aliphatic rings. The number of methoxy groups -OCH3 is 1. The second kappa shape index (κ2) is 12.9. The van der Waals surface area contributed by atoms with Crippen LogP contribution in [0.4, 0.5) is 4.39 Å². The van der Waals surface area contributed by atoms with Gasteiger partial charge in [0.05, 0.1) is 11.4 Å². The van der Waals surface area contributed by atoms with Crippen molar-refractivity contribution in [1.29, 1.82) is 0 Å². The Labute approximate surface area is 195 Å². The van der Waals surface area contributed by atoms with Crippen LogP contribution in [0.25, 0.3) is 0 Å². The Hall–Kier alpha value is -1.72. The maximum absolute atomic E-state index is 13.1. The lowest BCUT2D eigenvalue weighted by Gasteiger charge is -2.16. The van der Waals surface area contributed by atoms with Gasteiger partial charge in [0.15, 0.2) is 15.8 Å². The van der Waals surface area contributed by atoms with Gasteiger partial charge in [0.2, 0.25) is 0 Å². The maximum Gasteiger partial charge on any atom is 0.191 e. The Morgan fingerprint density at radius 2 is 1.73 bits per heavy atom. The highest BCUT2D eigenvalue weighted by atomic mass is 127. The van der Waals surface area contributed by atoms with E-state index in [1.807, 2.05) is 19.1 Å². The summed E-state index contributed by atoms with van der Waals surface area (Å²) in [6.45, 7) is 3.72. The van der Waals surface area contributed by atoms with E-state index in [4.69, 9.17) is 4.74 Å². The zero-order chi connectivity index (χ0) is 21.3. The molecular weight excluding hydrogens is 520 g/mol. The fourth-order valence-electron chi connectivity index (χ4n) is 2.74. The predicted octanol–water partition coefficient (Wildman–Crippen LogP) is 3.33. The lowest BCUT2D eigenvalue weighted by Crippen LogP contribution is -2.38. The van der Waals surface area contributed by atoms with Crippen molar-refractivity contribution in [2.75, 3.05) is 33.0 Å². The normalized spacial score (nSPS) is 12.7. The fraction of sp³-hybridized carbons (Fsp3) is 0.381. The van der Waals surface area contributed by atoms with Gasteiger partial charge in [0.25, 0.3) is 0 Å². The number of hydrogen-bond acceptors (Lipinski definition) is 4. The van der Waals surface area contributed by atoms with E-state index in [-0.39, 0.29) is 35.9 Å². The first-order valence-electron chi connectivity index (χ1n) is 9.43. The Morgan fingerprint density at radius 3 is 2.27 bits per heavy atom. The molecule has 1 atom stereocenters. The zero-order valence-corrected chi connectivity index (χ0v) is 20.5. The van der Waals surface area contributed by atoms with Gasteiger partial charge in [-0.3, -0.25) is 4.99 Å². The lowest BCUT2D eigenvalue weighted by molar-refractivity contribution is 0.111. The molecule has 0 saturated carbocycles. The van der Waals surface area contributed by atoms with Crippen molar-refractivity contribution in [3.05, 3.63) is 65.5 Å². The summed E-state index contributed by atoms with van der Waals surface area (Å²) < 4.78 is 41.6. The summed E-state index contributed by atoms with van der Waals surface area (Å²) in [6, 6.07) is 13.1. The number of nitrogens with one attached hydrogen (secondary N) is 2. The van der Waals surface area contributed by atoms with Crippen molar-refractivity contribution < 1.29 is 17.5 Å². The van der Waals surface area contributed by atoms with E-state index in [2.05, 4.69) is 15.6 Å². The minimum absolute atomic E-state index is 0. The molecule has 166 valence electrons. The van der Waals surface area contributed by atoms with Gasteiger partial charge in [-0.2, -0.15) is 0 Å². The molecule has 30 heavy (non-hydrogen) atoms. The van der Waals surface area contributed by atoms with Crippen molar-refractivity contribution in [3.8, 4) is 0 Å². The molecule has 2 aromatic rings. The third-order valence-corrected chi connectivity index (χ3v) is 5.47. The number of benzene rings is 2. The number of aliphatic imine (C=N–C) groups is 1. The molecule has 6 nitrogen and oxygen atoms in total. The van der Waals surface area contributed by atoms with Gasteiger partial charge in [-0.05, 0) is 48.7 Å². The topological polar surface area (TPSA) is 79.8 Å². The van der Waals surface area contributed by atoms with Crippen molar-refractivity contribution in [2.24, 2.45) is 4.99 Å². The maximum atomic E-state index is 13.1. The van der Waals surface area contributed by atoms with Gasteiger partial charge in [-0.1, -0.05) is 24.3 Å². The summed E-state index contributed by atoms with van der Waals surface area (Å²) in [5, 5.41) is 6.44. The molecule has 0 aliphatic carbocycles. The molecule has 0 radical (unpaired) electrons. The predicted molar refractivity (Wildman–Crippen MR) is 129 cm³/mol. The molecule has 9 heteroatoms. The molecule has 0 bridgehead atoms. The average Bonchev–Trinajstić information content (AvgIpc) is 2.69. The number of hydrogen-bond donors (Lipinski definition) is 2. The second-order valence-electron chi connectivity index (χ2n) is 6.59. The van der Waals surface area contributed by atoms with E-state index in [1.54, 1.807) is 31.4 Å². The Kier molecular flexibility index (Phi) is 11.3. The molecule has 0 amide bonds. The number of halogens is 2. The number of sulfone groups is 1. The first-order valence-corrected chi connectivity index (χ1v) is 11.3. The van der Waals surface area contributed by atoms with E-state index in [0.29, 0.717) is 30.5 Å². The number of nitrogens with zero attached hydrogens (tertiary/aromatic N) is 1. The van der Waals surface area contributed by atoms with Gasteiger partial charge in [0.1, 0.15) is 11.9 Å². The molecule has 2 rings (SSSR count). The second-order valence-corrected chi connectivity index (χ2v) is 8.60.